The fourth-order valence-corrected chi connectivity index (χ4v) is 1.57. The van der Waals surface area contributed by atoms with Crippen LogP contribution in [0.2, 0.25) is 0 Å². The van der Waals surface area contributed by atoms with Gasteiger partial charge >= 0.3 is 0 Å². The van der Waals surface area contributed by atoms with Crippen LogP contribution in [0.25, 0.3) is 0 Å². The second kappa shape index (κ2) is 4.15. The Kier molecular flexibility index (Phi) is 3.15. The highest BCUT2D eigenvalue weighted by atomic mass is 14.5. The van der Waals surface area contributed by atoms with Gasteiger partial charge in [-0.3, -0.25) is 0 Å². The normalized spacial score (nSPS) is 10.6. The summed E-state index contributed by atoms with van der Waals surface area (Å²) in [5, 5.41) is 0. The highest BCUT2D eigenvalue weighted by Crippen LogP contribution is 2.23. The molecule has 0 fully saturated rings. The molecule has 0 saturated carbocycles. The molecule has 0 aliphatic heterocycles. The van der Waals surface area contributed by atoms with Crippen molar-refractivity contribution in [1.82, 2.24) is 0 Å². The zero-order valence-electron chi connectivity index (χ0n) is 7.88. The molecular weight excluding hydrogens is 146 g/mol. The Morgan fingerprint density at radius 2 is 1.92 bits per heavy atom. The van der Waals surface area contributed by atoms with Gasteiger partial charge in [0, 0.05) is 5.69 Å². The molecule has 2 N–H and O–H groups in total. The summed E-state index contributed by atoms with van der Waals surface area (Å²) in [6.45, 7) is 4.44. The van der Waals surface area contributed by atoms with Crippen LogP contribution in [0, 0.1) is 0 Å². The first-order chi connectivity index (χ1) is 5.77. The highest BCUT2D eigenvalue weighted by Gasteiger charge is 2.05. The van der Waals surface area contributed by atoms with Gasteiger partial charge in [0.25, 0.3) is 0 Å². The van der Waals surface area contributed by atoms with Crippen molar-refractivity contribution in [3.05, 3.63) is 29.8 Å². The van der Waals surface area contributed by atoms with Crippen LogP contribution in [-0.4, -0.2) is 0 Å². The van der Waals surface area contributed by atoms with E-state index in [1.54, 1.807) is 0 Å². The minimum atomic E-state index is 0.675. The van der Waals surface area contributed by atoms with Crippen LogP contribution in [0.3, 0.4) is 0 Å². The second-order valence-electron chi connectivity index (χ2n) is 3.18. The second-order valence-corrected chi connectivity index (χ2v) is 3.18. The molecule has 1 nitrogen and oxygen atoms in total. The third kappa shape index (κ3) is 2.00. The minimum absolute atomic E-state index is 0.675. The lowest BCUT2D eigenvalue weighted by atomic mass is 9.94. The van der Waals surface area contributed by atoms with Gasteiger partial charge in [0.05, 0.1) is 0 Å². The zero-order valence-corrected chi connectivity index (χ0v) is 7.88. The Morgan fingerprint density at radius 1 is 1.25 bits per heavy atom. The molecule has 0 saturated heterocycles. The number of anilines is 1. The number of rotatable bonds is 3. The van der Waals surface area contributed by atoms with Crippen molar-refractivity contribution < 1.29 is 0 Å². The van der Waals surface area contributed by atoms with Crippen LogP contribution in [0.5, 0.6) is 0 Å². The molecule has 0 atom stereocenters. The van der Waals surface area contributed by atoms with E-state index in [1.807, 2.05) is 12.1 Å². The van der Waals surface area contributed by atoms with Gasteiger partial charge in [-0.1, -0.05) is 26.0 Å². The van der Waals surface area contributed by atoms with Gasteiger partial charge in [-0.15, -0.1) is 0 Å². The maximum absolute atomic E-state index is 5.71. The van der Waals surface area contributed by atoms with Crippen LogP contribution in [0.4, 0.5) is 5.69 Å². The number of hydrogen-bond donors (Lipinski definition) is 1. The van der Waals surface area contributed by atoms with Crippen LogP contribution in [0.1, 0.15) is 38.2 Å². The molecule has 0 aromatic heterocycles. The number of hydrogen-bond acceptors (Lipinski definition) is 1. The van der Waals surface area contributed by atoms with E-state index in [1.165, 1.54) is 18.4 Å². The van der Waals surface area contributed by atoms with Gasteiger partial charge < -0.3 is 5.73 Å². The lowest BCUT2D eigenvalue weighted by molar-refractivity contribution is 0.642. The summed E-state index contributed by atoms with van der Waals surface area (Å²) in [4.78, 5) is 0. The maximum atomic E-state index is 5.71. The predicted octanol–water partition coefficient (Wildman–Crippen LogP) is 3.17. The molecule has 1 heteroatoms. The molecule has 0 radical (unpaired) electrons. The van der Waals surface area contributed by atoms with Gasteiger partial charge in [0.1, 0.15) is 0 Å². The summed E-state index contributed by atoms with van der Waals surface area (Å²) in [6, 6.07) is 8.21. The number of benzene rings is 1. The fourth-order valence-electron chi connectivity index (χ4n) is 1.57. The Bertz CT molecular complexity index is 239. The molecule has 0 aliphatic carbocycles. The molecule has 0 amide bonds. The third-order valence-corrected chi connectivity index (χ3v) is 2.37. The van der Waals surface area contributed by atoms with Crippen LogP contribution in [0.15, 0.2) is 24.3 Å². The molecule has 0 aliphatic rings. The summed E-state index contributed by atoms with van der Waals surface area (Å²) in [5.41, 5.74) is 7.96. The Balaban J connectivity index is 2.85. The van der Waals surface area contributed by atoms with E-state index in [2.05, 4.69) is 26.0 Å². The zero-order chi connectivity index (χ0) is 8.97. The molecular formula is C11H17N. The van der Waals surface area contributed by atoms with Crippen molar-refractivity contribution in [3.63, 3.8) is 0 Å². The van der Waals surface area contributed by atoms with Gasteiger partial charge in [0.2, 0.25) is 0 Å². The average Bonchev–Trinajstić information content (AvgIpc) is 2.07. The van der Waals surface area contributed by atoms with Crippen molar-refractivity contribution in [2.24, 2.45) is 0 Å². The van der Waals surface area contributed by atoms with Crippen molar-refractivity contribution in [2.45, 2.75) is 32.6 Å². The lowest BCUT2D eigenvalue weighted by Gasteiger charge is -2.12. The summed E-state index contributed by atoms with van der Waals surface area (Å²) in [7, 11) is 0. The summed E-state index contributed by atoms with van der Waals surface area (Å²) in [5.74, 6) is 0.675. The highest BCUT2D eigenvalue weighted by molar-refractivity contribution is 5.41. The summed E-state index contributed by atoms with van der Waals surface area (Å²) in [6.07, 6.45) is 2.39. The van der Waals surface area contributed by atoms with E-state index in [4.69, 9.17) is 5.73 Å². The molecule has 1 aromatic rings. The standard InChI is InChI=1S/C11H17N/c1-3-9(4-2)10-6-5-7-11(12)8-10/h5-9H,3-4,12H2,1-2H3. The van der Waals surface area contributed by atoms with Crippen molar-refractivity contribution in [2.75, 3.05) is 5.73 Å². The molecule has 12 heavy (non-hydrogen) atoms. The average molecular weight is 163 g/mol. The largest absolute Gasteiger partial charge is 0.399 e. The smallest absolute Gasteiger partial charge is 0.0316 e. The van der Waals surface area contributed by atoms with Gasteiger partial charge in [-0.2, -0.15) is 0 Å². The van der Waals surface area contributed by atoms with Gasteiger partial charge in [-0.05, 0) is 36.5 Å². The lowest BCUT2D eigenvalue weighted by Crippen LogP contribution is -1.96. The molecule has 0 bridgehead atoms. The number of nitrogen functional groups attached to an aromatic ring is 1. The van der Waals surface area contributed by atoms with E-state index < -0.39 is 0 Å². The molecule has 0 unspecified atom stereocenters. The van der Waals surface area contributed by atoms with E-state index in [-0.39, 0.29) is 0 Å². The summed E-state index contributed by atoms with van der Waals surface area (Å²) >= 11 is 0. The Morgan fingerprint density at radius 3 is 2.42 bits per heavy atom. The molecule has 0 spiro atoms. The third-order valence-electron chi connectivity index (χ3n) is 2.37. The number of nitrogens with two attached hydrogens (primary N) is 1. The first-order valence-corrected chi connectivity index (χ1v) is 4.63. The van der Waals surface area contributed by atoms with Crippen molar-refractivity contribution in [1.29, 1.82) is 0 Å². The van der Waals surface area contributed by atoms with Crippen LogP contribution < -0.4 is 5.73 Å². The Hall–Kier alpha value is -0.980. The van der Waals surface area contributed by atoms with Crippen molar-refractivity contribution in [3.8, 4) is 0 Å². The first kappa shape index (κ1) is 9.11. The van der Waals surface area contributed by atoms with E-state index in [0.29, 0.717) is 5.92 Å². The SMILES string of the molecule is CCC(CC)c1cccc(N)c1. The predicted molar refractivity (Wildman–Crippen MR) is 54.2 cm³/mol. The van der Waals surface area contributed by atoms with Crippen LogP contribution >= 0.6 is 0 Å². The van der Waals surface area contributed by atoms with Gasteiger partial charge in [-0.25, -0.2) is 0 Å². The maximum Gasteiger partial charge on any atom is 0.0316 e. The topological polar surface area (TPSA) is 26.0 Å². The molecule has 1 rings (SSSR count). The van der Waals surface area contributed by atoms with Crippen molar-refractivity contribution >= 4 is 5.69 Å². The van der Waals surface area contributed by atoms with Gasteiger partial charge in [0.15, 0.2) is 0 Å². The minimum Gasteiger partial charge on any atom is -0.399 e. The first-order valence-electron chi connectivity index (χ1n) is 4.63. The van der Waals surface area contributed by atoms with E-state index in [9.17, 15) is 0 Å². The Labute approximate surface area is 74.6 Å². The monoisotopic (exact) mass is 163 g/mol. The van der Waals surface area contributed by atoms with E-state index >= 15 is 0 Å². The fraction of sp³-hybridized carbons (Fsp3) is 0.455. The quantitative estimate of drug-likeness (QED) is 0.680. The van der Waals surface area contributed by atoms with Crippen LogP contribution in [-0.2, 0) is 0 Å². The van der Waals surface area contributed by atoms with E-state index in [0.717, 1.165) is 5.69 Å². The molecule has 0 heterocycles. The molecule has 66 valence electrons. The molecule has 1 aromatic carbocycles. The summed E-state index contributed by atoms with van der Waals surface area (Å²) < 4.78 is 0.